The van der Waals surface area contributed by atoms with Crippen molar-refractivity contribution in [3.05, 3.63) is 65.4 Å². The third-order valence-electron chi connectivity index (χ3n) is 4.45. The Morgan fingerprint density at radius 1 is 1.19 bits per heavy atom. The molecule has 0 atom stereocenters. The monoisotopic (exact) mass is 351 g/mol. The lowest BCUT2D eigenvalue weighted by molar-refractivity contribution is -0.120. The van der Waals surface area contributed by atoms with Gasteiger partial charge in [0.15, 0.2) is 0 Å². The number of aryl methyl sites for hydroxylation is 1. The van der Waals surface area contributed by atoms with E-state index < -0.39 is 0 Å². The van der Waals surface area contributed by atoms with Crippen molar-refractivity contribution in [2.75, 3.05) is 13.2 Å². The van der Waals surface area contributed by atoms with Crippen molar-refractivity contribution in [3.8, 4) is 5.75 Å². The van der Waals surface area contributed by atoms with Crippen LogP contribution < -0.4 is 10.1 Å². The highest BCUT2D eigenvalue weighted by Gasteiger charge is 2.13. The molecule has 136 valence electrons. The number of hydrogen-bond donors (Lipinski definition) is 1. The molecule has 2 aromatic carbocycles. The van der Waals surface area contributed by atoms with Crippen LogP contribution >= 0.6 is 0 Å². The number of nitrogens with one attached hydrogen (secondary N) is 1. The summed E-state index contributed by atoms with van der Waals surface area (Å²) in [5.74, 6) is 1.21. The number of furan rings is 1. The molecule has 0 saturated carbocycles. The summed E-state index contributed by atoms with van der Waals surface area (Å²) in [6.45, 7) is 7.36. The Morgan fingerprint density at radius 2 is 1.96 bits per heavy atom. The molecule has 3 aromatic rings. The van der Waals surface area contributed by atoms with Crippen LogP contribution in [0.2, 0.25) is 0 Å². The van der Waals surface area contributed by atoms with Crippen LogP contribution in [0.3, 0.4) is 0 Å². The number of carbonyl (C=O) groups excluding carboxylic acids is 1. The molecule has 0 unspecified atom stereocenters. The molecule has 0 fully saturated rings. The molecule has 0 bridgehead atoms. The summed E-state index contributed by atoms with van der Waals surface area (Å²) in [5.41, 5.74) is 4.26. The predicted molar refractivity (Wildman–Crippen MR) is 104 cm³/mol. The first kappa shape index (κ1) is 18.1. The summed E-state index contributed by atoms with van der Waals surface area (Å²) in [6, 6.07) is 13.8. The summed E-state index contributed by atoms with van der Waals surface area (Å²) in [7, 11) is 0. The van der Waals surface area contributed by atoms with Gasteiger partial charge in [0.05, 0.1) is 19.2 Å². The zero-order chi connectivity index (χ0) is 18.5. The van der Waals surface area contributed by atoms with E-state index in [1.165, 1.54) is 11.1 Å². The molecular formula is C22H25NO3. The van der Waals surface area contributed by atoms with Gasteiger partial charge in [-0.05, 0) is 48.2 Å². The number of rotatable bonds is 7. The topological polar surface area (TPSA) is 51.5 Å². The van der Waals surface area contributed by atoms with Crippen LogP contribution in [0.15, 0.2) is 53.1 Å². The molecule has 0 spiro atoms. The number of benzene rings is 2. The van der Waals surface area contributed by atoms with Gasteiger partial charge in [0.2, 0.25) is 5.91 Å². The lowest BCUT2D eigenvalue weighted by Crippen LogP contribution is -2.29. The first-order valence-corrected chi connectivity index (χ1v) is 8.99. The summed E-state index contributed by atoms with van der Waals surface area (Å²) >= 11 is 0. The minimum Gasteiger partial charge on any atom is -0.492 e. The van der Waals surface area contributed by atoms with E-state index >= 15 is 0 Å². The maximum Gasteiger partial charge on any atom is 0.224 e. The summed E-state index contributed by atoms with van der Waals surface area (Å²) < 4.78 is 11.2. The number of carbonyl (C=O) groups is 1. The van der Waals surface area contributed by atoms with E-state index in [1.54, 1.807) is 6.26 Å². The minimum atomic E-state index is -0.0315. The van der Waals surface area contributed by atoms with Gasteiger partial charge >= 0.3 is 0 Å². The number of ether oxygens (including phenoxy) is 1. The largest absolute Gasteiger partial charge is 0.492 e. The Morgan fingerprint density at radius 3 is 2.69 bits per heavy atom. The molecule has 1 amide bonds. The third-order valence-corrected chi connectivity index (χ3v) is 4.45. The summed E-state index contributed by atoms with van der Waals surface area (Å²) in [6.07, 6.45) is 1.99. The van der Waals surface area contributed by atoms with Gasteiger partial charge in [-0.25, -0.2) is 0 Å². The number of para-hydroxylation sites is 1. The molecule has 3 rings (SSSR count). The lowest BCUT2D eigenvalue weighted by atomic mass is 9.95. The van der Waals surface area contributed by atoms with Crippen LogP contribution in [0.1, 0.15) is 36.5 Å². The minimum absolute atomic E-state index is 0.0315. The van der Waals surface area contributed by atoms with Gasteiger partial charge in [0.25, 0.3) is 0 Å². The van der Waals surface area contributed by atoms with Crippen molar-refractivity contribution < 1.29 is 13.9 Å². The van der Waals surface area contributed by atoms with Crippen LogP contribution in [0.4, 0.5) is 0 Å². The standard InChI is InChI=1S/C22H25NO3/c1-15(2)19-13-20-17(14-26-21(20)11-16(19)3)12-22(24)23-9-10-25-18-7-5-4-6-8-18/h4-8,11,13-15H,9-10,12H2,1-3H3,(H,23,24). The van der Waals surface area contributed by atoms with Gasteiger partial charge in [-0.1, -0.05) is 32.0 Å². The highest BCUT2D eigenvalue weighted by Crippen LogP contribution is 2.29. The molecule has 0 aliphatic rings. The fourth-order valence-electron chi connectivity index (χ4n) is 3.12. The first-order chi connectivity index (χ1) is 12.5. The van der Waals surface area contributed by atoms with Crippen molar-refractivity contribution in [1.82, 2.24) is 5.32 Å². The van der Waals surface area contributed by atoms with E-state index in [2.05, 4.69) is 38.2 Å². The van der Waals surface area contributed by atoms with Crippen molar-refractivity contribution in [3.63, 3.8) is 0 Å². The molecule has 0 saturated heterocycles. The Balaban J connectivity index is 1.58. The fraction of sp³-hybridized carbons (Fsp3) is 0.318. The van der Waals surface area contributed by atoms with E-state index in [4.69, 9.17) is 9.15 Å². The first-order valence-electron chi connectivity index (χ1n) is 8.99. The van der Waals surface area contributed by atoms with Crippen molar-refractivity contribution in [2.45, 2.75) is 33.1 Å². The molecule has 0 aliphatic heterocycles. The zero-order valence-corrected chi connectivity index (χ0v) is 15.5. The van der Waals surface area contributed by atoms with Gasteiger partial charge in [0.1, 0.15) is 17.9 Å². The second-order valence-electron chi connectivity index (χ2n) is 6.81. The van der Waals surface area contributed by atoms with E-state index in [-0.39, 0.29) is 5.91 Å². The van der Waals surface area contributed by atoms with E-state index in [0.717, 1.165) is 22.3 Å². The van der Waals surface area contributed by atoms with Crippen molar-refractivity contribution >= 4 is 16.9 Å². The fourth-order valence-corrected chi connectivity index (χ4v) is 3.12. The molecule has 1 heterocycles. The number of amides is 1. The average molecular weight is 351 g/mol. The van der Waals surface area contributed by atoms with E-state index in [1.807, 2.05) is 30.3 Å². The molecule has 1 aromatic heterocycles. The van der Waals surface area contributed by atoms with Crippen molar-refractivity contribution in [1.29, 1.82) is 0 Å². The van der Waals surface area contributed by atoms with Crippen LogP contribution in [-0.2, 0) is 11.2 Å². The van der Waals surface area contributed by atoms with Gasteiger partial charge in [-0.2, -0.15) is 0 Å². The molecule has 26 heavy (non-hydrogen) atoms. The summed E-state index contributed by atoms with van der Waals surface area (Å²) in [5, 5.41) is 3.92. The second-order valence-corrected chi connectivity index (χ2v) is 6.81. The average Bonchev–Trinajstić information content (AvgIpc) is 3.00. The van der Waals surface area contributed by atoms with Gasteiger partial charge in [-0.3, -0.25) is 4.79 Å². The maximum absolute atomic E-state index is 12.2. The molecule has 0 aliphatic carbocycles. The second kappa shape index (κ2) is 8.09. The van der Waals surface area contributed by atoms with E-state index in [0.29, 0.717) is 25.5 Å². The van der Waals surface area contributed by atoms with Crippen LogP contribution in [-0.4, -0.2) is 19.1 Å². The van der Waals surface area contributed by atoms with Gasteiger partial charge in [-0.15, -0.1) is 0 Å². The lowest BCUT2D eigenvalue weighted by Gasteiger charge is -2.10. The van der Waals surface area contributed by atoms with Crippen LogP contribution in [0.5, 0.6) is 5.75 Å². The van der Waals surface area contributed by atoms with E-state index in [9.17, 15) is 4.79 Å². The SMILES string of the molecule is Cc1cc2occ(CC(=O)NCCOc3ccccc3)c2cc1C(C)C. The quantitative estimate of drug-likeness (QED) is 0.633. The smallest absolute Gasteiger partial charge is 0.224 e. The molecule has 4 nitrogen and oxygen atoms in total. The molecular weight excluding hydrogens is 326 g/mol. The van der Waals surface area contributed by atoms with Crippen LogP contribution in [0.25, 0.3) is 11.0 Å². The molecule has 1 N–H and O–H groups in total. The highest BCUT2D eigenvalue weighted by molar-refractivity contribution is 5.88. The predicted octanol–water partition coefficient (Wildman–Crippen LogP) is 4.60. The Bertz CT molecular complexity index is 881. The van der Waals surface area contributed by atoms with Gasteiger partial charge < -0.3 is 14.5 Å². The van der Waals surface area contributed by atoms with Crippen LogP contribution in [0, 0.1) is 6.92 Å². The normalized spacial score (nSPS) is 11.1. The number of fused-ring (bicyclic) bond motifs is 1. The molecule has 4 heteroatoms. The number of hydrogen-bond acceptors (Lipinski definition) is 3. The Hall–Kier alpha value is -2.75. The van der Waals surface area contributed by atoms with Gasteiger partial charge in [0, 0.05) is 10.9 Å². The zero-order valence-electron chi connectivity index (χ0n) is 15.5. The highest BCUT2D eigenvalue weighted by atomic mass is 16.5. The summed E-state index contributed by atoms with van der Waals surface area (Å²) in [4.78, 5) is 12.2. The van der Waals surface area contributed by atoms with Crippen molar-refractivity contribution in [2.24, 2.45) is 0 Å². The molecule has 0 radical (unpaired) electrons. The Labute approximate surface area is 154 Å². The maximum atomic E-state index is 12.2. The Kier molecular flexibility index (Phi) is 5.61. The third kappa shape index (κ3) is 4.26.